The van der Waals surface area contributed by atoms with E-state index in [1.165, 1.54) is 24.3 Å². The number of hydrogen-bond acceptors (Lipinski definition) is 2. The molecule has 1 amide bonds. The van der Waals surface area contributed by atoms with E-state index in [4.69, 9.17) is 5.11 Å². The first-order valence-electron chi connectivity index (χ1n) is 4.96. The molecule has 0 spiro atoms. The van der Waals surface area contributed by atoms with Crippen molar-refractivity contribution in [1.82, 2.24) is 5.32 Å². The molecule has 0 aliphatic heterocycles. The fourth-order valence-corrected chi connectivity index (χ4v) is 1.16. The summed E-state index contributed by atoms with van der Waals surface area (Å²) in [6, 6.07) is 5.27. The number of alkyl halides is 2. The van der Waals surface area contributed by atoms with E-state index in [0.29, 0.717) is 5.56 Å². The van der Waals surface area contributed by atoms with Crippen LogP contribution in [0.5, 0.6) is 0 Å². The Hall–Kier alpha value is -1.56. The van der Waals surface area contributed by atoms with E-state index < -0.39 is 30.8 Å². The number of nitrogens with one attached hydrogen (secondary N) is 1. The zero-order chi connectivity index (χ0) is 12.8. The maximum absolute atomic E-state index is 12.5. The Bertz CT molecular complexity index is 367. The van der Waals surface area contributed by atoms with Crippen LogP contribution in [0.1, 0.15) is 5.56 Å². The highest BCUT2D eigenvalue weighted by Crippen LogP contribution is 2.04. The van der Waals surface area contributed by atoms with Crippen molar-refractivity contribution in [3.05, 3.63) is 35.6 Å². The third kappa shape index (κ3) is 4.86. The van der Waals surface area contributed by atoms with Gasteiger partial charge < -0.3 is 10.4 Å². The molecule has 17 heavy (non-hydrogen) atoms. The summed E-state index contributed by atoms with van der Waals surface area (Å²) in [4.78, 5) is 11.3. The number of amides is 1. The van der Waals surface area contributed by atoms with Gasteiger partial charge in [-0.1, -0.05) is 12.1 Å². The van der Waals surface area contributed by atoms with Crippen LogP contribution in [0.15, 0.2) is 24.3 Å². The lowest BCUT2D eigenvalue weighted by Gasteiger charge is -2.10. The molecule has 3 nitrogen and oxygen atoms in total. The molecule has 0 saturated carbocycles. The van der Waals surface area contributed by atoms with E-state index in [1.807, 2.05) is 0 Å². The Labute approximate surface area is 96.3 Å². The van der Waals surface area contributed by atoms with Gasteiger partial charge in [-0.05, 0) is 17.7 Å². The maximum Gasteiger partial charge on any atom is 0.265 e. The molecule has 0 radical (unpaired) electrons. The van der Waals surface area contributed by atoms with Gasteiger partial charge in [0.05, 0.1) is 6.42 Å². The van der Waals surface area contributed by atoms with Crippen LogP contribution in [0.25, 0.3) is 0 Å². The molecule has 0 heterocycles. The van der Waals surface area contributed by atoms with Crippen molar-refractivity contribution in [1.29, 1.82) is 0 Å². The van der Waals surface area contributed by atoms with Gasteiger partial charge in [-0.2, -0.15) is 0 Å². The smallest absolute Gasteiger partial charge is 0.265 e. The third-order valence-electron chi connectivity index (χ3n) is 2.08. The molecular formula is C11H12F3NO2. The monoisotopic (exact) mass is 247 g/mol. The summed E-state index contributed by atoms with van der Waals surface area (Å²) in [5.41, 5.74) is 0.565. The molecule has 1 aromatic rings. The number of carbonyl (C=O) groups excluding carboxylic acids is 1. The summed E-state index contributed by atoms with van der Waals surface area (Å²) in [5, 5.41) is 10.9. The van der Waals surface area contributed by atoms with Gasteiger partial charge in [-0.15, -0.1) is 0 Å². The van der Waals surface area contributed by atoms with E-state index in [9.17, 15) is 18.0 Å². The maximum atomic E-state index is 12.5. The molecule has 1 atom stereocenters. The Balaban J connectivity index is 2.37. The van der Waals surface area contributed by atoms with Gasteiger partial charge in [0.2, 0.25) is 5.91 Å². The van der Waals surface area contributed by atoms with Crippen molar-refractivity contribution in [3.8, 4) is 0 Å². The van der Waals surface area contributed by atoms with E-state index >= 15 is 0 Å². The summed E-state index contributed by atoms with van der Waals surface area (Å²) in [5.74, 6) is -0.918. The van der Waals surface area contributed by atoms with Crippen LogP contribution in [0, 0.1) is 5.82 Å². The van der Waals surface area contributed by atoms with E-state index in [1.54, 1.807) is 0 Å². The Morgan fingerprint density at radius 1 is 1.29 bits per heavy atom. The zero-order valence-electron chi connectivity index (χ0n) is 8.87. The first-order chi connectivity index (χ1) is 7.99. The quantitative estimate of drug-likeness (QED) is 0.819. The number of rotatable bonds is 5. The average molecular weight is 247 g/mol. The number of halogens is 3. The fourth-order valence-electron chi connectivity index (χ4n) is 1.16. The molecule has 1 unspecified atom stereocenters. The van der Waals surface area contributed by atoms with Gasteiger partial charge >= 0.3 is 0 Å². The minimum Gasteiger partial charge on any atom is -0.385 e. The van der Waals surface area contributed by atoms with Crippen molar-refractivity contribution >= 4 is 5.91 Å². The summed E-state index contributed by atoms with van der Waals surface area (Å²) >= 11 is 0. The standard InChI is InChI=1S/C11H12F3NO2/c12-8-3-1-7(2-4-8)5-10(17)15-6-9(16)11(13)14/h1-4,9,11,16H,5-6H2,(H,15,17). The second-order valence-electron chi connectivity index (χ2n) is 3.51. The number of carbonyl (C=O) groups is 1. The van der Waals surface area contributed by atoms with Crippen LogP contribution in [0.2, 0.25) is 0 Å². The topological polar surface area (TPSA) is 49.3 Å². The highest BCUT2D eigenvalue weighted by Gasteiger charge is 2.17. The third-order valence-corrected chi connectivity index (χ3v) is 2.08. The van der Waals surface area contributed by atoms with Gasteiger partial charge in [0.25, 0.3) is 6.43 Å². The number of aliphatic hydroxyl groups excluding tert-OH is 1. The minimum atomic E-state index is -2.89. The Morgan fingerprint density at radius 2 is 1.88 bits per heavy atom. The fraction of sp³-hybridized carbons (Fsp3) is 0.364. The van der Waals surface area contributed by atoms with Crippen LogP contribution in [0.4, 0.5) is 13.2 Å². The van der Waals surface area contributed by atoms with Crippen molar-refractivity contribution in [3.63, 3.8) is 0 Å². The molecule has 2 N–H and O–H groups in total. The highest BCUT2D eigenvalue weighted by molar-refractivity contribution is 5.78. The molecular weight excluding hydrogens is 235 g/mol. The number of aliphatic hydroxyl groups is 1. The van der Waals surface area contributed by atoms with Crippen molar-refractivity contribution in [2.24, 2.45) is 0 Å². The molecule has 1 aromatic carbocycles. The van der Waals surface area contributed by atoms with Gasteiger partial charge in [0, 0.05) is 6.54 Å². The largest absolute Gasteiger partial charge is 0.385 e. The van der Waals surface area contributed by atoms with Crippen molar-refractivity contribution in [2.75, 3.05) is 6.54 Å². The predicted molar refractivity (Wildman–Crippen MR) is 55.1 cm³/mol. The van der Waals surface area contributed by atoms with E-state index in [0.717, 1.165) is 0 Å². The SMILES string of the molecule is O=C(Cc1ccc(F)cc1)NCC(O)C(F)F. The molecule has 0 aliphatic rings. The molecule has 0 aromatic heterocycles. The predicted octanol–water partition coefficient (Wildman–Crippen LogP) is 1.11. The molecule has 6 heteroatoms. The molecule has 0 bridgehead atoms. The van der Waals surface area contributed by atoms with Crippen molar-refractivity contribution < 1.29 is 23.1 Å². The first-order valence-corrected chi connectivity index (χ1v) is 4.96. The van der Waals surface area contributed by atoms with Crippen LogP contribution in [-0.4, -0.2) is 30.1 Å². The highest BCUT2D eigenvalue weighted by atomic mass is 19.3. The van der Waals surface area contributed by atoms with Gasteiger partial charge in [-0.3, -0.25) is 4.79 Å². The molecule has 0 aliphatic carbocycles. The van der Waals surface area contributed by atoms with Crippen LogP contribution >= 0.6 is 0 Å². The normalized spacial score (nSPS) is 12.5. The summed E-state index contributed by atoms with van der Waals surface area (Å²) in [7, 11) is 0. The van der Waals surface area contributed by atoms with Gasteiger partial charge in [0.15, 0.2) is 0 Å². The van der Waals surface area contributed by atoms with Gasteiger partial charge in [0.1, 0.15) is 11.9 Å². The second-order valence-corrected chi connectivity index (χ2v) is 3.51. The Kier molecular flexibility index (Phi) is 4.96. The lowest BCUT2D eigenvalue weighted by atomic mass is 10.1. The van der Waals surface area contributed by atoms with Crippen molar-refractivity contribution in [2.45, 2.75) is 19.0 Å². The summed E-state index contributed by atoms with van der Waals surface area (Å²) < 4.78 is 36.4. The molecule has 0 saturated heterocycles. The van der Waals surface area contributed by atoms with E-state index in [-0.39, 0.29) is 6.42 Å². The van der Waals surface area contributed by atoms with Crippen LogP contribution in [-0.2, 0) is 11.2 Å². The minimum absolute atomic E-state index is 0.0454. The first kappa shape index (κ1) is 13.5. The Morgan fingerprint density at radius 3 is 2.41 bits per heavy atom. The lowest BCUT2D eigenvalue weighted by Crippen LogP contribution is -2.36. The number of benzene rings is 1. The second kappa shape index (κ2) is 6.24. The van der Waals surface area contributed by atoms with Gasteiger partial charge in [-0.25, -0.2) is 13.2 Å². The lowest BCUT2D eigenvalue weighted by molar-refractivity contribution is -0.121. The average Bonchev–Trinajstić information content (AvgIpc) is 2.29. The molecule has 94 valence electrons. The van der Waals surface area contributed by atoms with E-state index in [2.05, 4.69) is 5.32 Å². The zero-order valence-corrected chi connectivity index (χ0v) is 8.87. The van der Waals surface area contributed by atoms with Crippen LogP contribution < -0.4 is 5.32 Å². The molecule has 0 fully saturated rings. The van der Waals surface area contributed by atoms with Crippen LogP contribution in [0.3, 0.4) is 0 Å². The molecule has 1 rings (SSSR count). The summed E-state index contributed by atoms with van der Waals surface area (Å²) in [6.07, 6.45) is -4.80. The number of hydrogen-bond donors (Lipinski definition) is 2. The summed E-state index contributed by atoms with van der Waals surface area (Å²) in [6.45, 7) is -0.502.